The lowest BCUT2D eigenvalue weighted by molar-refractivity contribution is -0.139. The first-order chi connectivity index (χ1) is 10.4. The van der Waals surface area contributed by atoms with Crippen molar-refractivity contribution in [3.8, 4) is 0 Å². The summed E-state index contributed by atoms with van der Waals surface area (Å²) in [5.74, 6) is -1.25. The van der Waals surface area contributed by atoms with Crippen molar-refractivity contribution in [3.63, 3.8) is 0 Å². The minimum atomic E-state index is -4.47. The fourth-order valence-corrected chi connectivity index (χ4v) is 2.69. The maximum absolute atomic E-state index is 11.9. The molecule has 0 unspecified atom stereocenters. The first-order valence-corrected chi connectivity index (χ1v) is 8.18. The SMILES string of the molecule is CCOC(=O)C(=[N+]=[N-])S(=O)(=O)O[C@H](C)CCc1ccccc1. The molecule has 7 nitrogen and oxygen atoms in total. The molecular weight excluding hydrogens is 308 g/mol. The van der Waals surface area contributed by atoms with Crippen LogP contribution in [-0.2, 0) is 30.3 Å². The molecule has 0 radical (unpaired) electrons. The normalized spacial score (nSPS) is 12.3. The van der Waals surface area contributed by atoms with Gasteiger partial charge in [-0.3, -0.25) is 4.18 Å². The van der Waals surface area contributed by atoms with E-state index in [9.17, 15) is 13.2 Å². The first-order valence-electron chi connectivity index (χ1n) is 6.77. The summed E-state index contributed by atoms with van der Waals surface area (Å²) in [7, 11) is -4.47. The molecule has 1 rings (SSSR count). The van der Waals surface area contributed by atoms with E-state index in [1.54, 1.807) is 6.92 Å². The number of hydrogen-bond donors (Lipinski definition) is 0. The van der Waals surface area contributed by atoms with Gasteiger partial charge in [-0.25, -0.2) is 4.79 Å². The highest BCUT2D eigenvalue weighted by Crippen LogP contribution is 2.10. The van der Waals surface area contributed by atoms with Gasteiger partial charge in [0.15, 0.2) is 0 Å². The molecule has 0 aliphatic rings. The van der Waals surface area contributed by atoms with Crippen LogP contribution in [0.5, 0.6) is 0 Å². The highest BCUT2D eigenvalue weighted by atomic mass is 32.2. The number of benzene rings is 1. The molecule has 120 valence electrons. The van der Waals surface area contributed by atoms with Crippen molar-refractivity contribution in [2.45, 2.75) is 32.8 Å². The van der Waals surface area contributed by atoms with Crippen LogP contribution in [-0.4, -0.2) is 36.9 Å². The van der Waals surface area contributed by atoms with Crippen LogP contribution >= 0.6 is 0 Å². The van der Waals surface area contributed by atoms with Crippen LogP contribution < -0.4 is 0 Å². The Morgan fingerprint density at radius 1 is 1.32 bits per heavy atom. The van der Waals surface area contributed by atoms with Gasteiger partial charge in [-0.2, -0.15) is 8.42 Å². The van der Waals surface area contributed by atoms with Gasteiger partial charge in [0.2, 0.25) is 0 Å². The Labute approximate surface area is 129 Å². The van der Waals surface area contributed by atoms with Gasteiger partial charge < -0.3 is 10.3 Å². The summed E-state index contributed by atoms with van der Waals surface area (Å²) in [5, 5.41) is -1.15. The fraction of sp³-hybridized carbons (Fsp3) is 0.429. The van der Waals surface area contributed by atoms with E-state index in [2.05, 4.69) is 9.53 Å². The third-order valence-electron chi connectivity index (χ3n) is 2.75. The van der Waals surface area contributed by atoms with Crippen LogP contribution in [0.2, 0.25) is 0 Å². The van der Waals surface area contributed by atoms with Crippen LogP contribution in [0, 0.1) is 0 Å². The third-order valence-corrected chi connectivity index (χ3v) is 4.05. The second-order valence-corrected chi connectivity index (χ2v) is 6.00. The largest absolute Gasteiger partial charge is 0.514 e. The standard InChI is InChI=1S/C14H18N2O5S/c1-3-20-14(17)13(16-15)22(18,19)21-11(2)9-10-12-7-5-4-6-8-12/h4-8,11H,3,9-10H2,1-2H3/t11-/m1/s1. The Bertz CT molecular complexity index is 651. The smallest absolute Gasteiger partial charge is 0.456 e. The summed E-state index contributed by atoms with van der Waals surface area (Å²) in [4.78, 5) is 13.9. The molecule has 0 fully saturated rings. The number of hydrogen-bond acceptors (Lipinski definition) is 5. The van der Waals surface area contributed by atoms with Crippen molar-refractivity contribution in [1.82, 2.24) is 0 Å². The average molecular weight is 326 g/mol. The van der Waals surface area contributed by atoms with E-state index in [1.807, 2.05) is 30.3 Å². The molecule has 1 aromatic carbocycles. The van der Waals surface area contributed by atoms with Gasteiger partial charge in [0.05, 0.1) is 12.7 Å². The Balaban J connectivity index is 2.67. The van der Waals surface area contributed by atoms with Crippen molar-refractivity contribution < 1.29 is 26.9 Å². The van der Waals surface area contributed by atoms with E-state index < -0.39 is 27.2 Å². The minimum Gasteiger partial charge on any atom is -0.456 e. The number of aryl methyl sites for hydroxylation is 1. The number of rotatable bonds is 6. The summed E-state index contributed by atoms with van der Waals surface area (Å²) >= 11 is 0. The zero-order valence-electron chi connectivity index (χ0n) is 12.4. The molecule has 1 aromatic rings. The molecule has 0 heterocycles. The number of esters is 1. The van der Waals surface area contributed by atoms with Crippen molar-refractivity contribution in [2.24, 2.45) is 0 Å². The molecule has 0 bridgehead atoms. The van der Waals surface area contributed by atoms with E-state index in [1.165, 1.54) is 6.92 Å². The van der Waals surface area contributed by atoms with Crippen molar-refractivity contribution in [1.29, 1.82) is 0 Å². The van der Waals surface area contributed by atoms with Crippen LogP contribution in [0.4, 0.5) is 0 Å². The first kappa shape index (κ1) is 18.0. The number of ether oxygens (including phenoxy) is 1. The summed E-state index contributed by atoms with van der Waals surface area (Å²) < 4.78 is 33.1. The van der Waals surface area contributed by atoms with Crippen LogP contribution in [0.1, 0.15) is 25.8 Å². The maximum atomic E-state index is 11.9. The predicted molar refractivity (Wildman–Crippen MR) is 79.5 cm³/mol. The zero-order valence-corrected chi connectivity index (χ0v) is 13.2. The molecule has 1 atom stereocenters. The van der Waals surface area contributed by atoms with Gasteiger partial charge in [-0.1, -0.05) is 30.3 Å². The summed E-state index contributed by atoms with van der Waals surface area (Å²) in [6.45, 7) is 3.01. The zero-order chi connectivity index (χ0) is 16.6. The molecule has 0 saturated carbocycles. The van der Waals surface area contributed by atoms with E-state index in [4.69, 9.17) is 9.71 Å². The third kappa shape index (κ3) is 5.40. The van der Waals surface area contributed by atoms with Gasteiger partial charge in [-0.15, -0.1) is 4.79 Å². The number of carbonyl (C=O) groups is 1. The van der Waals surface area contributed by atoms with E-state index >= 15 is 0 Å². The monoisotopic (exact) mass is 326 g/mol. The lowest BCUT2D eigenvalue weighted by Gasteiger charge is -2.10. The predicted octanol–water partition coefficient (Wildman–Crippen LogP) is 1.55. The van der Waals surface area contributed by atoms with Crippen molar-refractivity contribution >= 4 is 21.1 Å². The molecule has 0 spiro atoms. The van der Waals surface area contributed by atoms with Crippen LogP contribution in [0.3, 0.4) is 0 Å². The summed E-state index contributed by atoms with van der Waals surface area (Å²) in [6.07, 6.45) is 0.351. The van der Waals surface area contributed by atoms with Crippen LogP contribution in [0.25, 0.3) is 5.53 Å². The molecule has 0 saturated heterocycles. The molecule has 0 aliphatic heterocycles. The topological polar surface area (TPSA) is 106 Å². The Morgan fingerprint density at radius 2 is 1.95 bits per heavy atom. The van der Waals surface area contributed by atoms with Crippen molar-refractivity contribution in [3.05, 3.63) is 41.4 Å². The van der Waals surface area contributed by atoms with Gasteiger partial charge in [0, 0.05) is 0 Å². The second-order valence-electron chi connectivity index (χ2n) is 4.51. The quantitative estimate of drug-likeness (QED) is 0.197. The lowest BCUT2D eigenvalue weighted by Crippen LogP contribution is -2.31. The van der Waals surface area contributed by atoms with Crippen molar-refractivity contribution in [2.75, 3.05) is 6.61 Å². The molecular formula is C14H18N2O5S. The molecule has 0 amide bonds. The summed E-state index contributed by atoms with van der Waals surface area (Å²) in [5.41, 5.74) is 9.75. The molecule has 0 aromatic heterocycles. The Hall–Kier alpha value is -2.02. The van der Waals surface area contributed by atoms with E-state index in [0.717, 1.165) is 5.56 Å². The Kier molecular flexibility index (Phi) is 6.91. The lowest BCUT2D eigenvalue weighted by atomic mass is 10.1. The second kappa shape index (κ2) is 8.43. The van der Waals surface area contributed by atoms with Crippen LogP contribution in [0.15, 0.2) is 30.3 Å². The van der Waals surface area contributed by atoms with E-state index in [-0.39, 0.29) is 6.61 Å². The molecule has 22 heavy (non-hydrogen) atoms. The number of nitrogens with zero attached hydrogens (tertiary/aromatic N) is 2. The average Bonchev–Trinajstić information content (AvgIpc) is 2.46. The maximum Gasteiger partial charge on any atom is 0.514 e. The molecule has 0 N–H and O–H groups in total. The van der Waals surface area contributed by atoms with Gasteiger partial charge in [0.1, 0.15) is 0 Å². The highest BCUT2D eigenvalue weighted by Gasteiger charge is 2.40. The highest BCUT2D eigenvalue weighted by molar-refractivity contribution is 8.04. The number of carbonyl (C=O) groups excluding carboxylic acids is 1. The molecule has 0 aliphatic carbocycles. The van der Waals surface area contributed by atoms with Gasteiger partial charge in [-0.05, 0) is 32.3 Å². The Morgan fingerprint density at radius 3 is 2.50 bits per heavy atom. The fourth-order valence-electron chi connectivity index (χ4n) is 1.71. The summed E-state index contributed by atoms with van der Waals surface area (Å²) in [6, 6.07) is 9.49. The minimum absolute atomic E-state index is 0.0447. The van der Waals surface area contributed by atoms with Gasteiger partial charge in [0.25, 0.3) is 0 Å². The molecule has 8 heteroatoms. The van der Waals surface area contributed by atoms with Gasteiger partial charge >= 0.3 is 21.1 Å². The van der Waals surface area contributed by atoms with E-state index in [0.29, 0.717) is 12.8 Å².